The summed E-state index contributed by atoms with van der Waals surface area (Å²) in [5.74, 6) is -0.867. The topological polar surface area (TPSA) is 67.8 Å². The molecule has 0 radical (unpaired) electrons. The third-order valence-electron chi connectivity index (χ3n) is 1.41. The van der Waals surface area contributed by atoms with Crippen molar-refractivity contribution < 1.29 is 14.3 Å². The minimum atomic E-state index is -0.594. The zero-order valence-corrected chi connectivity index (χ0v) is 7.83. The summed E-state index contributed by atoms with van der Waals surface area (Å²) in [7, 11) is 0. The van der Waals surface area contributed by atoms with Gasteiger partial charge in [-0.25, -0.2) is 4.39 Å². The first kappa shape index (κ1) is 10.6. The van der Waals surface area contributed by atoms with E-state index in [0.29, 0.717) is 0 Å². The third-order valence-corrected chi connectivity index (χ3v) is 1.71. The molecule has 4 nitrogen and oxygen atoms in total. The molecule has 0 saturated carbocycles. The van der Waals surface area contributed by atoms with Crippen LogP contribution in [0.3, 0.4) is 0 Å². The van der Waals surface area contributed by atoms with Crippen molar-refractivity contribution in [3.05, 3.63) is 29.0 Å². The van der Waals surface area contributed by atoms with Crippen LogP contribution in [0, 0.1) is 5.82 Å². The van der Waals surface area contributed by atoms with E-state index in [1.54, 1.807) is 0 Å². The summed E-state index contributed by atoms with van der Waals surface area (Å²) >= 11 is 5.65. The maximum Gasteiger partial charge on any atom is 0.177 e. The van der Waals surface area contributed by atoms with Crippen LogP contribution in [-0.4, -0.2) is 17.6 Å². The molecule has 0 unspecified atom stereocenters. The lowest BCUT2D eigenvalue weighted by Crippen LogP contribution is -2.21. The standard InChI is InChI=1S/C8H8ClFN2O2/c9-5-2-1-3-6(10)8(5)14-4-7(11)12-13/h1-3,13H,4H2,(H2,11,12). The Bertz CT molecular complexity index is 337. The first-order valence-electron chi connectivity index (χ1n) is 3.68. The van der Waals surface area contributed by atoms with Crippen LogP contribution in [0.2, 0.25) is 5.02 Å². The Morgan fingerprint density at radius 2 is 2.36 bits per heavy atom. The van der Waals surface area contributed by atoms with Crippen molar-refractivity contribution in [1.29, 1.82) is 0 Å². The van der Waals surface area contributed by atoms with Crippen LogP contribution in [0.4, 0.5) is 4.39 Å². The molecule has 0 spiro atoms. The molecule has 0 atom stereocenters. The van der Waals surface area contributed by atoms with Gasteiger partial charge in [-0.15, -0.1) is 0 Å². The summed E-state index contributed by atoms with van der Waals surface area (Å²) < 4.78 is 17.9. The van der Waals surface area contributed by atoms with Gasteiger partial charge in [0.15, 0.2) is 17.4 Å². The van der Waals surface area contributed by atoms with Crippen molar-refractivity contribution >= 4 is 17.4 Å². The van der Waals surface area contributed by atoms with Gasteiger partial charge in [-0.05, 0) is 12.1 Å². The molecule has 0 aromatic heterocycles. The average molecular weight is 219 g/mol. The quantitative estimate of drug-likeness (QED) is 0.351. The summed E-state index contributed by atoms with van der Waals surface area (Å²) in [6.07, 6.45) is 0. The number of rotatable bonds is 3. The molecule has 0 aliphatic heterocycles. The third kappa shape index (κ3) is 2.50. The lowest BCUT2D eigenvalue weighted by Gasteiger charge is -2.07. The minimum absolute atomic E-state index is 0.110. The molecule has 0 amide bonds. The first-order valence-corrected chi connectivity index (χ1v) is 4.06. The highest BCUT2D eigenvalue weighted by atomic mass is 35.5. The van der Waals surface area contributed by atoms with Crippen molar-refractivity contribution in [3.63, 3.8) is 0 Å². The van der Waals surface area contributed by atoms with Gasteiger partial charge in [-0.1, -0.05) is 22.8 Å². The maximum atomic E-state index is 13.1. The molecule has 0 saturated heterocycles. The van der Waals surface area contributed by atoms with E-state index >= 15 is 0 Å². The smallest absolute Gasteiger partial charge is 0.177 e. The summed E-state index contributed by atoms with van der Waals surface area (Å²) in [6, 6.07) is 4.13. The van der Waals surface area contributed by atoms with Crippen molar-refractivity contribution in [2.45, 2.75) is 0 Å². The predicted octanol–water partition coefficient (Wildman–Crippen LogP) is 1.60. The van der Waals surface area contributed by atoms with E-state index in [0.717, 1.165) is 0 Å². The predicted molar refractivity (Wildman–Crippen MR) is 50.3 cm³/mol. The van der Waals surface area contributed by atoms with Crippen molar-refractivity contribution in [2.24, 2.45) is 10.9 Å². The van der Waals surface area contributed by atoms with Crippen LogP contribution in [0.25, 0.3) is 0 Å². The number of para-hydroxylation sites is 1. The number of nitrogens with zero attached hydrogens (tertiary/aromatic N) is 1. The molecule has 1 rings (SSSR count). The molecule has 14 heavy (non-hydrogen) atoms. The highest BCUT2D eigenvalue weighted by Gasteiger charge is 2.08. The summed E-state index contributed by atoms with van der Waals surface area (Å²) in [4.78, 5) is 0. The van der Waals surface area contributed by atoms with Gasteiger partial charge < -0.3 is 15.7 Å². The molecule has 0 aliphatic rings. The zero-order chi connectivity index (χ0) is 10.6. The minimum Gasteiger partial charge on any atom is -0.481 e. The number of nitrogens with two attached hydrogens (primary N) is 1. The van der Waals surface area contributed by atoms with Crippen LogP contribution in [0.5, 0.6) is 5.75 Å². The van der Waals surface area contributed by atoms with Crippen LogP contribution in [0.1, 0.15) is 0 Å². The number of hydrogen-bond donors (Lipinski definition) is 2. The van der Waals surface area contributed by atoms with E-state index in [1.807, 2.05) is 0 Å². The number of amidine groups is 1. The van der Waals surface area contributed by atoms with Crippen molar-refractivity contribution in [1.82, 2.24) is 0 Å². The fourth-order valence-corrected chi connectivity index (χ4v) is 1.01. The van der Waals surface area contributed by atoms with E-state index in [1.165, 1.54) is 18.2 Å². The Balaban J connectivity index is 2.76. The average Bonchev–Trinajstić information content (AvgIpc) is 2.16. The van der Waals surface area contributed by atoms with Gasteiger partial charge in [0.25, 0.3) is 0 Å². The van der Waals surface area contributed by atoms with Gasteiger partial charge in [0.2, 0.25) is 0 Å². The number of ether oxygens (including phenoxy) is 1. The molecule has 1 aromatic carbocycles. The molecule has 76 valence electrons. The van der Waals surface area contributed by atoms with Crippen LogP contribution >= 0.6 is 11.6 Å². The van der Waals surface area contributed by atoms with Gasteiger partial charge in [-0.3, -0.25) is 0 Å². The normalized spacial score (nSPS) is 11.4. The molecule has 1 aromatic rings. The fraction of sp³-hybridized carbons (Fsp3) is 0.125. The zero-order valence-electron chi connectivity index (χ0n) is 7.08. The largest absolute Gasteiger partial charge is 0.481 e. The lowest BCUT2D eigenvalue weighted by atomic mass is 10.3. The fourth-order valence-electron chi connectivity index (χ4n) is 0.795. The Kier molecular flexibility index (Phi) is 3.53. The highest BCUT2D eigenvalue weighted by molar-refractivity contribution is 6.32. The monoisotopic (exact) mass is 218 g/mol. The number of halogens is 2. The molecule has 0 bridgehead atoms. The van der Waals surface area contributed by atoms with Gasteiger partial charge in [0.05, 0.1) is 5.02 Å². The summed E-state index contributed by atoms with van der Waals surface area (Å²) in [5.41, 5.74) is 5.13. The second-order valence-electron chi connectivity index (χ2n) is 2.43. The Morgan fingerprint density at radius 1 is 1.64 bits per heavy atom. The number of hydrogen-bond acceptors (Lipinski definition) is 3. The molecule has 0 fully saturated rings. The summed E-state index contributed by atoms with van der Waals surface area (Å²) in [5, 5.41) is 11.0. The van der Waals surface area contributed by atoms with Crippen LogP contribution < -0.4 is 10.5 Å². The maximum absolute atomic E-state index is 13.1. The SMILES string of the molecule is N/C(COc1c(F)cccc1Cl)=N/O. The molecule has 3 N–H and O–H groups in total. The highest BCUT2D eigenvalue weighted by Crippen LogP contribution is 2.26. The van der Waals surface area contributed by atoms with Crippen LogP contribution in [-0.2, 0) is 0 Å². The molecule has 0 aliphatic carbocycles. The molecular weight excluding hydrogens is 211 g/mol. The van der Waals surface area contributed by atoms with Gasteiger partial charge in [0.1, 0.15) is 6.61 Å². The number of benzene rings is 1. The Morgan fingerprint density at radius 3 is 2.93 bits per heavy atom. The van der Waals surface area contributed by atoms with Crippen LogP contribution in [0.15, 0.2) is 23.4 Å². The molecule has 6 heteroatoms. The lowest BCUT2D eigenvalue weighted by molar-refractivity contribution is 0.303. The van der Waals surface area contributed by atoms with E-state index in [2.05, 4.69) is 5.16 Å². The Hall–Kier alpha value is -1.49. The summed E-state index contributed by atoms with van der Waals surface area (Å²) in [6.45, 7) is -0.225. The second-order valence-corrected chi connectivity index (χ2v) is 2.84. The molecule has 0 heterocycles. The van der Waals surface area contributed by atoms with Crippen molar-refractivity contribution in [3.8, 4) is 5.75 Å². The molecular formula is C8H8ClFN2O2. The second kappa shape index (κ2) is 4.66. The number of oxime groups is 1. The van der Waals surface area contributed by atoms with E-state index in [4.69, 9.17) is 27.3 Å². The van der Waals surface area contributed by atoms with E-state index < -0.39 is 5.82 Å². The van der Waals surface area contributed by atoms with Gasteiger partial charge in [0, 0.05) is 0 Å². The Labute approximate surface area is 84.7 Å². The first-order chi connectivity index (χ1) is 6.65. The van der Waals surface area contributed by atoms with Crippen molar-refractivity contribution in [2.75, 3.05) is 6.61 Å². The van der Waals surface area contributed by atoms with E-state index in [9.17, 15) is 4.39 Å². The van der Waals surface area contributed by atoms with E-state index in [-0.39, 0.29) is 23.2 Å². The van der Waals surface area contributed by atoms with Gasteiger partial charge in [-0.2, -0.15) is 0 Å². The van der Waals surface area contributed by atoms with Gasteiger partial charge >= 0.3 is 0 Å².